The third-order valence-corrected chi connectivity index (χ3v) is 8.16. The molecule has 282 valence electrons. The van der Waals surface area contributed by atoms with Crippen LogP contribution in [0.3, 0.4) is 0 Å². The molecule has 2 aromatic rings. The van der Waals surface area contributed by atoms with Gasteiger partial charge in [0.05, 0.1) is 16.9 Å². The number of aromatic nitrogens is 3. The normalized spacial score (nSPS) is 13.7. The number of nitrogens with zero attached hydrogens (tertiary/aromatic N) is 5. The first-order chi connectivity index (χ1) is 22.9. The first-order valence-electron chi connectivity index (χ1n) is 15.1. The summed E-state index contributed by atoms with van der Waals surface area (Å²) < 4.78 is 113. The molecule has 0 unspecified atom stereocenters. The number of benzene rings is 1. The molecular formula is C25H47N9O11S4. The Hall–Kier alpha value is -3.10. The van der Waals surface area contributed by atoms with Crippen LogP contribution >= 0.6 is 0 Å². The molecule has 24 heteroatoms. The molecule has 0 aliphatic carbocycles. The van der Waals surface area contributed by atoms with Crippen molar-refractivity contribution in [1.29, 1.82) is 0 Å². The van der Waals surface area contributed by atoms with Crippen molar-refractivity contribution in [3.63, 3.8) is 0 Å². The van der Waals surface area contributed by atoms with Crippen LogP contribution in [0.25, 0.3) is 0 Å². The molecular weight excluding hydrogens is 731 g/mol. The molecule has 1 aromatic carbocycles. The van der Waals surface area contributed by atoms with E-state index in [9.17, 15) is 29.8 Å². The molecule has 0 saturated carbocycles. The number of anilines is 4. The van der Waals surface area contributed by atoms with E-state index in [2.05, 4.69) is 45.4 Å². The molecule has 1 fully saturated rings. The Morgan fingerprint density at radius 1 is 0.755 bits per heavy atom. The fourth-order valence-corrected chi connectivity index (χ4v) is 5.27. The van der Waals surface area contributed by atoms with Crippen molar-refractivity contribution in [1.82, 2.24) is 29.5 Å². The van der Waals surface area contributed by atoms with Crippen LogP contribution in [0.5, 0.6) is 0 Å². The first-order valence-corrected chi connectivity index (χ1v) is 21.0. The summed E-state index contributed by atoms with van der Waals surface area (Å²) in [6.45, 7) is 13.6. The summed E-state index contributed by atoms with van der Waals surface area (Å²) in [6, 6.07) is 5.38. The van der Waals surface area contributed by atoms with Crippen molar-refractivity contribution < 1.29 is 47.0 Å². The molecule has 0 bridgehead atoms. The highest BCUT2D eigenvalue weighted by molar-refractivity contribution is 7.88. The van der Waals surface area contributed by atoms with Crippen molar-refractivity contribution >= 4 is 64.4 Å². The second kappa shape index (κ2) is 23.3. The minimum atomic E-state index is -4.43. The second-order valence-electron chi connectivity index (χ2n) is 9.48. The van der Waals surface area contributed by atoms with Crippen LogP contribution in [0.4, 0.5) is 23.5 Å². The maximum atomic E-state index is 11.5. The van der Waals surface area contributed by atoms with Gasteiger partial charge in [-0.2, -0.15) is 31.8 Å². The minimum Gasteiger partial charge on any atom is -0.353 e. The second-order valence-corrected chi connectivity index (χ2v) is 14.7. The summed E-state index contributed by atoms with van der Waals surface area (Å²) in [6.07, 6.45) is 1.87. The van der Waals surface area contributed by atoms with E-state index in [-0.39, 0.29) is 35.0 Å². The minimum absolute atomic E-state index is 0.0126. The van der Waals surface area contributed by atoms with Crippen LogP contribution in [0.2, 0.25) is 0 Å². The SMILES string of the molecule is CC.CC.CS(=O)(=O)NCCCN1CCN(CCNc2nc(NCCS(=O)(=O)O)nc(Nc3cccc(S(=O)(=O)O)c3)n2)CC1.O=S(=O)=O. The largest absolute Gasteiger partial charge is 0.425 e. The van der Waals surface area contributed by atoms with E-state index in [1.54, 1.807) is 6.07 Å². The third-order valence-electron chi connectivity index (χ3n) is 5.86. The summed E-state index contributed by atoms with van der Waals surface area (Å²) in [5, 5.41) is 8.65. The predicted octanol–water partition coefficient (Wildman–Crippen LogP) is 0.179. The van der Waals surface area contributed by atoms with E-state index >= 15 is 0 Å². The lowest BCUT2D eigenvalue weighted by Crippen LogP contribution is -2.48. The molecule has 1 aliphatic rings. The lowest BCUT2D eigenvalue weighted by molar-refractivity contribution is 0.135. The van der Waals surface area contributed by atoms with Gasteiger partial charge >= 0.3 is 10.6 Å². The van der Waals surface area contributed by atoms with Gasteiger partial charge in [-0.1, -0.05) is 33.8 Å². The highest BCUT2D eigenvalue weighted by atomic mass is 32.2. The van der Waals surface area contributed by atoms with Gasteiger partial charge in [-0.15, -0.1) is 12.6 Å². The molecule has 6 N–H and O–H groups in total. The van der Waals surface area contributed by atoms with Crippen molar-refractivity contribution in [2.75, 3.05) is 86.9 Å². The molecule has 3 rings (SSSR count). The number of nitrogens with one attached hydrogen (secondary N) is 4. The predicted molar refractivity (Wildman–Crippen MR) is 185 cm³/mol. The van der Waals surface area contributed by atoms with Gasteiger partial charge in [-0.25, -0.2) is 13.1 Å². The van der Waals surface area contributed by atoms with Gasteiger partial charge in [0.1, 0.15) is 0 Å². The molecule has 49 heavy (non-hydrogen) atoms. The smallest absolute Gasteiger partial charge is 0.353 e. The zero-order chi connectivity index (χ0) is 37.7. The fourth-order valence-electron chi connectivity index (χ4n) is 3.87. The lowest BCUT2D eigenvalue weighted by atomic mass is 10.3. The maximum Gasteiger partial charge on any atom is 0.425 e. The summed E-state index contributed by atoms with van der Waals surface area (Å²) in [7, 11) is -14.9. The number of hydrogen-bond donors (Lipinski definition) is 6. The highest BCUT2D eigenvalue weighted by Crippen LogP contribution is 2.19. The number of rotatable bonds is 16. The Morgan fingerprint density at radius 3 is 1.73 bits per heavy atom. The molecule has 1 aromatic heterocycles. The molecule has 0 spiro atoms. The Morgan fingerprint density at radius 2 is 1.24 bits per heavy atom. The molecule has 2 heterocycles. The van der Waals surface area contributed by atoms with Gasteiger partial charge in [0.15, 0.2) is 0 Å². The summed E-state index contributed by atoms with van der Waals surface area (Å²) in [5.74, 6) is -0.373. The van der Waals surface area contributed by atoms with E-state index in [0.29, 0.717) is 19.6 Å². The standard InChI is InChI=1S/C21H35N9O8S3.2C2H6.O3S/c1-39(31,32)24-6-3-9-29-11-13-30(14-12-29)10-7-22-19-26-20(23-8-15-40(33,34)35)28-21(27-19)25-17-4-2-5-18(16-17)41(36,37)38;2*1-2;1-4(2)3/h2,4-5,16,24H,3,6-15H2,1H3,(H,33,34,35)(H,36,37,38)(H3,22,23,25,26,27,28);2*1-2H3;. The summed E-state index contributed by atoms with van der Waals surface area (Å²) in [5.41, 5.74) is 0.270. The van der Waals surface area contributed by atoms with Crippen LogP contribution in [0, 0.1) is 0 Å². The van der Waals surface area contributed by atoms with Crippen molar-refractivity contribution in [3.8, 4) is 0 Å². The van der Waals surface area contributed by atoms with Gasteiger partial charge in [0.2, 0.25) is 27.9 Å². The molecule has 0 radical (unpaired) electrons. The monoisotopic (exact) mass is 777 g/mol. The number of hydrogen-bond acceptors (Lipinski definition) is 17. The topological polar surface area (TPSA) is 287 Å². The molecule has 0 amide bonds. The molecule has 1 saturated heterocycles. The van der Waals surface area contributed by atoms with Crippen molar-refractivity contribution in [3.05, 3.63) is 24.3 Å². The van der Waals surface area contributed by atoms with E-state index in [1.807, 2.05) is 27.7 Å². The van der Waals surface area contributed by atoms with Crippen molar-refractivity contribution in [2.45, 2.75) is 39.0 Å². The third kappa shape index (κ3) is 23.0. The Balaban J connectivity index is 0.00000263. The van der Waals surface area contributed by atoms with Gasteiger partial charge in [0.25, 0.3) is 20.2 Å². The average molecular weight is 778 g/mol. The Kier molecular flexibility index (Phi) is 21.9. The van der Waals surface area contributed by atoms with Gasteiger partial charge in [0, 0.05) is 58.0 Å². The van der Waals surface area contributed by atoms with E-state index < -0.39 is 46.6 Å². The Bertz CT molecular complexity index is 1700. The summed E-state index contributed by atoms with van der Waals surface area (Å²) >= 11 is 0. The van der Waals surface area contributed by atoms with Crippen LogP contribution < -0.4 is 20.7 Å². The Labute approximate surface area is 290 Å². The van der Waals surface area contributed by atoms with Crippen LogP contribution in [-0.2, 0) is 40.9 Å². The fraction of sp³-hybridized carbons (Fsp3) is 0.640. The number of piperazine rings is 1. The van der Waals surface area contributed by atoms with E-state index in [0.717, 1.165) is 45.4 Å². The summed E-state index contributed by atoms with van der Waals surface area (Å²) in [4.78, 5) is 16.9. The van der Waals surface area contributed by atoms with E-state index in [4.69, 9.17) is 17.2 Å². The first kappa shape index (κ1) is 45.9. The molecule has 1 aliphatic heterocycles. The van der Waals surface area contributed by atoms with Gasteiger partial charge in [-0.05, 0) is 31.2 Å². The maximum absolute atomic E-state index is 11.5. The van der Waals surface area contributed by atoms with Gasteiger partial charge in [-0.3, -0.25) is 14.0 Å². The lowest BCUT2D eigenvalue weighted by Gasteiger charge is -2.34. The zero-order valence-electron chi connectivity index (χ0n) is 28.0. The highest BCUT2D eigenvalue weighted by Gasteiger charge is 2.17. The average Bonchev–Trinajstić information content (AvgIpc) is 3.00. The zero-order valence-corrected chi connectivity index (χ0v) is 31.3. The van der Waals surface area contributed by atoms with E-state index in [1.165, 1.54) is 18.2 Å². The van der Waals surface area contributed by atoms with Crippen LogP contribution in [0.1, 0.15) is 34.1 Å². The van der Waals surface area contributed by atoms with Gasteiger partial charge < -0.3 is 20.9 Å². The van der Waals surface area contributed by atoms with Crippen LogP contribution in [-0.4, -0.2) is 143 Å². The molecule has 20 nitrogen and oxygen atoms in total. The van der Waals surface area contributed by atoms with Crippen molar-refractivity contribution in [2.24, 2.45) is 0 Å². The number of sulfonamides is 1. The molecule has 0 atom stereocenters. The van der Waals surface area contributed by atoms with Crippen LogP contribution in [0.15, 0.2) is 29.2 Å². The quantitative estimate of drug-likeness (QED) is 0.0979.